The third kappa shape index (κ3) is 5.80. The van der Waals surface area contributed by atoms with Gasteiger partial charge in [0.1, 0.15) is 0 Å². The summed E-state index contributed by atoms with van der Waals surface area (Å²) in [4.78, 5) is 38.3. The zero-order valence-electron chi connectivity index (χ0n) is 21.1. The molecule has 1 saturated heterocycles. The minimum atomic E-state index is -0.628. The molecule has 0 bridgehead atoms. The summed E-state index contributed by atoms with van der Waals surface area (Å²) in [6, 6.07) is 7.62. The highest BCUT2D eigenvalue weighted by molar-refractivity contribution is 6.04. The minimum absolute atomic E-state index is 0.00502. The highest BCUT2D eigenvalue weighted by Crippen LogP contribution is 2.49. The number of benzene rings is 2. The van der Waals surface area contributed by atoms with Crippen LogP contribution in [-0.2, 0) is 14.4 Å². The van der Waals surface area contributed by atoms with Crippen LogP contribution in [0, 0.1) is 5.92 Å². The number of hydrogen-bond donors (Lipinski definition) is 4. The number of β-lactam (4-membered cyclic amide) rings is 1. The van der Waals surface area contributed by atoms with E-state index in [0.717, 1.165) is 0 Å². The Kier molecular flexibility index (Phi) is 9.01. The van der Waals surface area contributed by atoms with E-state index in [1.165, 1.54) is 44.9 Å². The standard InChI is InChI=1S/C25H31N3O9/c1-34-18-9-8-14(10-17(18)29)23-16(13-26-21(30)6-5-7-22(31)27-33)25(32)28(23)15-11-19(35-2)24(37-4)20(12-15)36-3/h8-12,16,23,29,33H,5-7,13H2,1-4H3,(H,26,30)(H,27,31)/t16-,23-/m0/s1. The second kappa shape index (κ2) is 12.2. The number of hydroxylamine groups is 1. The van der Waals surface area contributed by atoms with Crippen molar-refractivity contribution in [2.75, 3.05) is 39.9 Å². The summed E-state index contributed by atoms with van der Waals surface area (Å²) < 4.78 is 21.4. The lowest BCUT2D eigenvalue weighted by Crippen LogP contribution is -2.58. The summed E-state index contributed by atoms with van der Waals surface area (Å²) in [6.07, 6.45) is 0.290. The quantitative estimate of drug-likeness (QED) is 0.188. The Morgan fingerprint density at radius 3 is 2.08 bits per heavy atom. The number of aromatic hydroxyl groups is 1. The van der Waals surface area contributed by atoms with Crippen molar-refractivity contribution in [1.29, 1.82) is 0 Å². The van der Waals surface area contributed by atoms with Crippen LogP contribution in [0.4, 0.5) is 5.69 Å². The van der Waals surface area contributed by atoms with E-state index in [-0.39, 0.29) is 49.1 Å². The molecule has 1 fully saturated rings. The van der Waals surface area contributed by atoms with Gasteiger partial charge in [0.05, 0.1) is 46.1 Å². The third-order valence-corrected chi connectivity index (χ3v) is 6.14. The Morgan fingerprint density at radius 1 is 0.919 bits per heavy atom. The smallest absolute Gasteiger partial charge is 0.243 e. The molecule has 1 heterocycles. The Balaban J connectivity index is 1.88. The number of ether oxygens (including phenoxy) is 4. The minimum Gasteiger partial charge on any atom is -0.504 e. The van der Waals surface area contributed by atoms with Crippen molar-refractivity contribution in [3.8, 4) is 28.7 Å². The van der Waals surface area contributed by atoms with Gasteiger partial charge < -0.3 is 34.3 Å². The van der Waals surface area contributed by atoms with Crippen LogP contribution in [0.3, 0.4) is 0 Å². The van der Waals surface area contributed by atoms with Gasteiger partial charge in [-0.2, -0.15) is 0 Å². The molecule has 0 aromatic heterocycles. The van der Waals surface area contributed by atoms with E-state index in [9.17, 15) is 19.5 Å². The van der Waals surface area contributed by atoms with Gasteiger partial charge in [-0.25, -0.2) is 5.48 Å². The van der Waals surface area contributed by atoms with Gasteiger partial charge in [-0.05, 0) is 24.1 Å². The van der Waals surface area contributed by atoms with Crippen molar-refractivity contribution in [3.63, 3.8) is 0 Å². The molecule has 0 unspecified atom stereocenters. The van der Waals surface area contributed by atoms with Gasteiger partial charge in [0.25, 0.3) is 0 Å². The molecular weight excluding hydrogens is 486 g/mol. The second-order valence-corrected chi connectivity index (χ2v) is 8.27. The number of anilines is 1. The Morgan fingerprint density at radius 2 is 1.54 bits per heavy atom. The lowest BCUT2D eigenvalue weighted by molar-refractivity contribution is -0.131. The number of rotatable bonds is 12. The van der Waals surface area contributed by atoms with Crippen LogP contribution in [0.25, 0.3) is 0 Å². The molecule has 4 N–H and O–H groups in total. The van der Waals surface area contributed by atoms with Crippen molar-refractivity contribution >= 4 is 23.4 Å². The van der Waals surface area contributed by atoms with Crippen LogP contribution in [0.15, 0.2) is 30.3 Å². The van der Waals surface area contributed by atoms with Gasteiger partial charge in [0, 0.05) is 31.5 Å². The van der Waals surface area contributed by atoms with E-state index < -0.39 is 17.9 Å². The zero-order valence-corrected chi connectivity index (χ0v) is 21.1. The Labute approximate surface area is 214 Å². The van der Waals surface area contributed by atoms with Crippen LogP contribution in [0.1, 0.15) is 30.9 Å². The monoisotopic (exact) mass is 517 g/mol. The summed E-state index contributed by atoms with van der Waals surface area (Å²) in [5.41, 5.74) is 2.63. The summed E-state index contributed by atoms with van der Waals surface area (Å²) in [6.45, 7) is 0.0439. The molecule has 3 rings (SSSR count). The predicted molar refractivity (Wildman–Crippen MR) is 131 cm³/mol. The zero-order chi connectivity index (χ0) is 27.1. The molecule has 12 heteroatoms. The molecule has 2 atom stereocenters. The van der Waals surface area contributed by atoms with Crippen LogP contribution >= 0.6 is 0 Å². The van der Waals surface area contributed by atoms with Crippen molar-refractivity contribution in [2.24, 2.45) is 5.92 Å². The van der Waals surface area contributed by atoms with Crippen molar-refractivity contribution in [3.05, 3.63) is 35.9 Å². The average molecular weight is 518 g/mol. The largest absolute Gasteiger partial charge is 0.504 e. The predicted octanol–water partition coefficient (Wildman–Crippen LogP) is 1.92. The highest BCUT2D eigenvalue weighted by Gasteiger charge is 2.49. The fourth-order valence-corrected chi connectivity index (χ4v) is 4.29. The number of carbonyl (C=O) groups excluding carboxylic acids is 3. The average Bonchev–Trinajstić information content (AvgIpc) is 2.90. The number of methoxy groups -OCH3 is 4. The van der Waals surface area contributed by atoms with Gasteiger partial charge >= 0.3 is 0 Å². The van der Waals surface area contributed by atoms with Gasteiger partial charge in [-0.1, -0.05) is 6.07 Å². The van der Waals surface area contributed by atoms with Crippen molar-refractivity contribution < 1.29 is 43.6 Å². The van der Waals surface area contributed by atoms with Crippen LogP contribution in [-0.4, -0.2) is 63.0 Å². The molecule has 0 radical (unpaired) electrons. The summed E-state index contributed by atoms with van der Waals surface area (Å²) in [5.74, 6) is -0.498. The second-order valence-electron chi connectivity index (χ2n) is 8.27. The number of carbonyl (C=O) groups is 3. The molecular formula is C25H31N3O9. The fourth-order valence-electron chi connectivity index (χ4n) is 4.29. The topological polar surface area (TPSA) is 156 Å². The first-order chi connectivity index (χ1) is 17.8. The molecule has 1 aliphatic heterocycles. The van der Waals surface area contributed by atoms with Gasteiger partial charge in [-0.15, -0.1) is 0 Å². The van der Waals surface area contributed by atoms with Crippen LogP contribution in [0.5, 0.6) is 28.7 Å². The molecule has 200 valence electrons. The SMILES string of the molecule is COc1ccc([C@H]2[C@H](CNC(=O)CCCC(=O)NO)C(=O)N2c2cc(OC)c(OC)c(OC)c2)cc1O. The molecule has 0 spiro atoms. The summed E-state index contributed by atoms with van der Waals surface area (Å²) in [5, 5.41) is 21.7. The number of hydrogen-bond acceptors (Lipinski definition) is 9. The van der Waals surface area contributed by atoms with E-state index in [0.29, 0.717) is 28.5 Å². The van der Waals surface area contributed by atoms with E-state index in [2.05, 4.69) is 5.32 Å². The van der Waals surface area contributed by atoms with E-state index in [1.807, 2.05) is 0 Å². The first-order valence-corrected chi connectivity index (χ1v) is 11.5. The summed E-state index contributed by atoms with van der Waals surface area (Å²) >= 11 is 0. The maximum Gasteiger partial charge on any atom is 0.243 e. The number of nitrogens with zero attached hydrogens (tertiary/aromatic N) is 1. The first-order valence-electron chi connectivity index (χ1n) is 11.5. The van der Waals surface area contributed by atoms with Gasteiger partial charge in [0.15, 0.2) is 23.0 Å². The highest BCUT2D eigenvalue weighted by atomic mass is 16.5. The molecule has 0 saturated carbocycles. The molecule has 2 aromatic carbocycles. The van der Waals surface area contributed by atoms with Crippen molar-refractivity contribution in [1.82, 2.24) is 10.8 Å². The fraction of sp³-hybridized carbons (Fsp3) is 0.400. The lowest BCUT2D eigenvalue weighted by Gasteiger charge is -2.47. The normalized spacial score (nSPS) is 16.5. The molecule has 12 nitrogen and oxygen atoms in total. The van der Waals surface area contributed by atoms with Gasteiger partial charge in [-0.3, -0.25) is 19.6 Å². The van der Waals surface area contributed by atoms with E-state index in [1.54, 1.807) is 24.3 Å². The summed E-state index contributed by atoms with van der Waals surface area (Å²) in [7, 11) is 5.86. The first kappa shape index (κ1) is 27.4. The molecule has 3 amide bonds. The van der Waals surface area contributed by atoms with Crippen LogP contribution in [0.2, 0.25) is 0 Å². The molecule has 37 heavy (non-hydrogen) atoms. The Bertz CT molecular complexity index is 1130. The van der Waals surface area contributed by atoms with Crippen molar-refractivity contribution in [2.45, 2.75) is 25.3 Å². The maximum absolute atomic E-state index is 13.4. The molecule has 2 aromatic rings. The lowest BCUT2D eigenvalue weighted by atomic mass is 9.81. The number of phenolic OH excluding ortho intramolecular Hbond substituents is 1. The maximum atomic E-state index is 13.4. The number of amides is 3. The molecule has 1 aliphatic rings. The number of nitrogens with one attached hydrogen (secondary N) is 2. The van der Waals surface area contributed by atoms with Gasteiger partial charge in [0.2, 0.25) is 23.5 Å². The van der Waals surface area contributed by atoms with E-state index >= 15 is 0 Å². The van der Waals surface area contributed by atoms with Crippen LogP contribution < -0.4 is 34.6 Å². The number of phenols is 1. The van der Waals surface area contributed by atoms with E-state index in [4.69, 9.17) is 24.2 Å². The third-order valence-electron chi connectivity index (χ3n) is 6.14. The Hall–Kier alpha value is -4.19. The molecule has 0 aliphatic carbocycles.